The Balaban J connectivity index is 2.34. The highest BCUT2D eigenvalue weighted by atomic mass is 32.2. The van der Waals surface area contributed by atoms with Crippen molar-refractivity contribution < 1.29 is 14.8 Å². The largest absolute Gasteiger partial charge is 0.478 e. The van der Waals surface area contributed by atoms with Crippen LogP contribution in [-0.4, -0.2) is 26.0 Å². The highest BCUT2D eigenvalue weighted by Crippen LogP contribution is 2.31. The summed E-state index contributed by atoms with van der Waals surface area (Å²) in [7, 11) is 0. The van der Waals surface area contributed by atoms with Gasteiger partial charge in [0.2, 0.25) is 0 Å². The van der Waals surface area contributed by atoms with E-state index in [0.29, 0.717) is 5.03 Å². The Morgan fingerprint density at radius 2 is 2.11 bits per heavy atom. The molecular weight excluding hydrogens is 270 g/mol. The first-order chi connectivity index (χ1) is 9.08. The summed E-state index contributed by atoms with van der Waals surface area (Å²) < 4.78 is 0. The molecule has 0 fully saturated rings. The molecule has 0 spiro atoms. The first kappa shape index (κ1) is 13.0. The van der Waals surface area contributed by atoms with Gasteiger partial charge in [-0.2, -0.15) is 0 Å². The topological polar surface area (TPSA) is 106 Å². The number of nitrogens with zero attached hydrogens (tertiary/aromatic N) is 3. The summed E-state index contributed by atoms with van der Waals surface area (Å²) >= 11 is 0.947. The van der Waals surface area contributed by atoms with Crippen LogP contribution in [-0.2, 0) is 0 Å². The van der Waals surface area contributed by atoms with Gasteiger partial charge < -0.3 is 5.11 Å². The number of nitro groups is 1. The smallest absolute Gasteiger partial charge is 0.335 e. The Morgan fingerprint density at radius 3 is 2.79 bits per heavy atom. The number of aromatic carboxylic acids is 1. The van der Waals surface area contributed by atoms with Gasteiger partial charge in [-0.3, -0.25) is 10.1 Å². The Morgan fingerprint density at radius 1 is 1.32 bits per heavy atom. The zero-order chi connectivity index (χ0) is 13.8. The normalized spacial score (nSPS) is 10.1. The lowest BCUT2D eigenvalue weighted by atomic mass is 10.3. The van der Waals surface area contributed by atoms with Gasteiger partial charge in [0.05, 0.1) is 10.5 Å². The average Bonchev–Trinajstić information content (AvgIpc) is 2.39. The lowest BCUT2D eigenvalue weighted by molar-refractivity contribution is -0.388. The van der Waals surface area contributed by atoms with Crippen LogP contribution in [0.3, 0.4) is 0 Å². The molecule has 0 amide bonds. The van der Waals surface area contributed by atoms with Crippen molar-refractivity contribution in [1.82, 2.24) is 9.97 Å². The number of pyridine rings is 2. The van der Waals surface area contributed by atoms with Gasteiger partial charge in [0.15, 0.2) is 5.03 Å². The minimum absolute atomic E-state index is 0.0658. The van der Waals surface area contributed by atoms with E-state index in [1.54, 1.807) is 0 Å². The average molecular weight is 277 g/mol. The number of rotatable bonds is 4. The van der Waals surface area contributed by atoms with E-state index >= 15 is 0 Å². The quantitative estimate of drug-likeness (QED) is 0.674. The third-order valence-electron chi connectivity index (χ3n) is 2.13. The Hall–Kier alpha value is -2.48. The molecule has 2 heterocycles. The molecule has 1 N–H and O–H groups in total. The summed E-state index contributed by atoms with van der Waals surface area (Å²) in [5, 5.41) is 20.2. The molecule has 2 aromatic heterocycles. The van der Waals surface area contributed by atoms with E-state index < -0.39 is 10.9 Å². The van der Waals surface area contributed by atoms with Gasteiger partial charge in [0.1, 0.15) is 5.03 Å². The van der Waals surface area contributed by atoms with Crippen molar-refractivity contribution in [2.24, 2.45) is 0 Å². The van der Waals surface area contributed by atoms with Crippen LogP contribution in [0.2, 0.25) is 0 Å². The van der Waals surface area contributed by atoms with Crippen molar-refractivity contribution >= 4 is 23.4 Å². The summed E-state index contributed by atoms with van der Waals surface area (Å²) in [5.41, 5.74) is -0.0777. The molecule has 0 bridgehead atoms. The van der Waals surface area contributed by atoms with Crippen molar-refractivity contribution in [3.8, 4) is 0 Å². The van der Waals surface area contributed by atoms with Crippen LogP contribution in [0.15, 0.2) is 46.7 Å². The van der Waals surface area contributed by atoms with E-state index in [2.05, 4.69) is 9.97 Å². The molecule has 2 rings (SSSR count). The van der Waals surface area contributed by atoms with E-state index in [1.807, 2.05) is 0 Å². The monoisotopic (exact) mass is 277 g/mol. The maximum atomic E-state index is 10.8. The van der Waals surface area contributed by atoms with Gasteiger partial charge in [0, 0.05) is 18.5 Å². The second kappa shape index (κ2) is 5.44. The fourth-order valence-corrected chi connectivity index (χ4v) is 2.16. The van der Waals surface area contributed by atoms with E-state index in [9.17, 15) is 14.9 Å². The van der Waals surface area contributed by atoms with Gasteiger partial charge in [-0.1, -0.05) is 0 Å². The lowest BCUT2D eigenvalue weighted by Crippen LogP contribution is -1.97. The zero-order valence-electron chi connectivity index (χ0n) is 9.39. The standard InChI is InChI=1S/C11H7N3O4S/c15-11(16)7-3-5-12-9(6-7)19-10-8(14(17)18)2-1-4-13-10/h1-6H,(H,15,16). The molecule has 0 aliphatic rings. The number of carbonyl (C=O) groups is 1. The zero-order valence-corrected chi connectivity index (χ0v) is 10.2. The predicted molar refractivity (Wildman–Crippen MR) is 66.2 cm³/mol. The highest BCUT2D eigenvalue weighted by Gasteiger charge is 2.16. The minimum atomic E-state index is -1.08. The Labute approximate surface area is 111 Å². The van der Waals surface area contributed by atoms with Gasteiger partial charge in [-0.15, -0.1) is 0 Å². The van der Waals surface area contributed by atoms with Crippen LogP contribution in [0.25, 0.3) is 0 Å². The summed E-state index contributed by atoms with van der Waals surface area (Å²) in [5.74, 6) is -1.08. The molecule has 0 saturated carbocycles. The first-order valence-corrected chi connectivity index (χ1v) is 5.86. The van der Waals surface area contributed by atoms with E-state index in [1.165, 1.54) is 36.7 Å². The Kier molecular flexibility index (Phi) is 3.71. The third kappa shape index (κ3) is 3.05. The van der Waals surface area contributed by atoms with Crippen LogP contribution in [0.4, 0.5) is 5.69 Å². The molecule has 0 atom stereocenters. The van der Waals surface area contributed by atoms with Crippen LogP contribution >= 0.6 is 11.8 Å². The number of aromatic nitrogens is 2. The van der Waals surface area contributed by atoms with Crippen molar-refractivity contribution in [3.05, 3.63) is 52.3 Å². The fraction of sp³-hybridized carbons (Fsp3) is 0. The molecule has 96 valence electrons. The molecule has 0 unspecified atom stereocenters. The van der Waals surface area contributed by atoms with Gasteiger partial charge >= 0.3 is 11.7 Å². The van der Waals surface area contributed by atoms with Crippen LogP contribution in [0.1, 0.15) is 10.4 Å². The summed E-state index contributed by atoms with van der Waals surface area (Å²) in [6.45, 7) is 0. The van der Waals surface area contributed by atoms with Crippen molar-refractivity contribution in [2.45, 2.75) is 10.1 Å². The van der Waals surface area contributed by atoms with E-state index in [-0.39, 0.29) is 16.3 Å². The molecule has 0 radical (unpaired) electrons. The second-order valence-corrected chi connectivity index (χ2v) is 4.38. The van der Waals surface area contributed by atoms with Crippen LogP contribution in [0, 0.1) is 10.1 Å². The molecule has 0 saturated heterocycles. The highest BCUT2D eigenvalue weighted by molar-refractivity contribution is 7.99. The third-order valence-corrected chi connectivity index (χ3v) is 3.07. The molecule has 2 aromatic rings. The first-order valence-electron chi connectivity index (χ1n) is 5.04. The summed E-state index contributed by atoms with van der Waals surface area (Å²) in [6.07, 6.45) is 2.76. The predicted octanol–water partition coefficient (Wildman–Crippen LogP) is 2.23. The molecule has 0 aromatic carbocycles. The molecule has 0 aliphatic heterocycles. The number of hydrogen-bond acceptors (Lipinski definition) is 6. The number of carboxylic acid groups (broad SMARTS) is 1. The van der Waals surface area contributed by atoms with Crippen LogP contribution < -0.4 is 0 Å². The molecule has 7 nitrogen and oxygen atoms in total. The van der Waals surface area contributed by atoms with Crippen molar-refractivity contribution in [1.29, 1.82) is 0 Å². The number of carboxylic acids is 1. The SMILES string of the molecule is O=C(O)c1ccnc(Sc2ncccc2[N+](=O)[O-])c1. The van der Waals surface area contributed by atoms with Crippen molar-refractivity contribution in [2.75, 3.05) is 0 Å². The molecule has 19 heavy (non-hydrogen) atoms. The van der Waals surface area contributed by atoms with Gasteiger partial charge in [-0.25, -0.2) is 14.8 Å². The second-order valence-electron chi connectivity index (χ2n) is 3.37. The van der Waals surface area contributed by atoms with Gasteiger partial charge in [-0.05, 0) is 30.0 Å². The van der Waals surface area contributed by atoms with Gasteiger partial charge in [0.25, 0.3) is 0 Å². The maximum absolute atomic E-state index is 10.8. The van der Waals surface area contributed by atoms with Crippen molar-refractivity contribution in [3.63, 3.8) is 0 Å². The Bertz CT molecular complexity index is 647. The number of hydrogen-bond donors (Lipinski definition) is 1. The maximum Gasteiger partial charge on any atom is 0.335 e. The molecule has 8 heteroatoms. The van der Waals surface area contributed by atoms with Crippen LogP contribution in [0.5, 0.6) is 0 Å². The summed E-state index contributed by atoms with van der Waals surface area (Å²) in [6, 6.07) is 5.48. The molecule has 0 aliphatic carbocycles. The lowest BCUT2D eigenvalue weighted by Gasteiger charge is -2.01. The fourth-order valence-electron chi connectivity index (χ4n) is 1.30. The molecular formula is C11H7N3O4S. The van der Waals surface area contributed by atoms with E-state index in [4.69, 9.17) is 5.11 Å². The minimum Gasteiger partial charge on any atom is -0.478 e. The summed E-state index contributed by atoms with van der Waals surface area (Å²) in [4.78, 5) is 29.0. The van der Waals surface area contributed by atoms with E-state index in [0.717, 1.165) is 11.8 Å².